The van der Waals surface area contributed by atoms with E-state index >= 15 is 0 Å². The zero-order valence-corrected chi connectivity index (χ0v) is 13.9. The molecular formula is C13H20BrN3O2S. The van der Waals surface area contributed by atoms with Gasteiger partial charge in [-0.15, -0.1) is 0 Å². The molecule has 2 N–H and O–H groups in total. The molecule has 0 aromatic heterocycles. The van der Waals surface area contributed by atoms with Crippen molar-refractivity contribution in [2.75, 3.05) is 39.0 Å². The van der Waals surface area contributed by atoms with Gasteiger partial charge in [-0.3, -0.25) is 4.90 Å². The molecular weight excluding hydrogens is 342 g/mol. The molecule has 0 radical (unpaired) electrons. The van der Waals surface area contributed by atoms with Crippen LogP contribution in [0, 0.1) is 0 Å². The van der Waals surface area contributed by atoms with Crippen molar-refractivity contribution in [3.8, 4) is 0 Å². The molecule has 0 bridgehead atoms. The average molecular weight is 362 g/mol. The molecule has 5 nitrogen and oxygen atoms in total. The van der Waals surface area contributed by atoms with Gasteiger partial charge < -0.3 is 5.73 Å². The molecule has 1 heterocycles. The van der Waals surface area contributed by atoms with Crippen molar-refractivity contribution in [1.29, 1.82) is 0 Å². The maximum Gasteiger partial charge on any atom is 0.211 e. The third-order valence-electron chi connectivity index (χ3n) is 3.66. The van der Waals surface area contributed by atoms with E-state index in [9.17, 15) is 8.42 Å². The predicted octanol–water partition coefficient (Wildman–Crippen LogP) is 1.03. The molecule has 1 aliphatic heterocycles. The molecule has 112 valence electrons. The number of rotatable bonds is 4. The number of nitrogens with two attached hydrogens (primary N) is 1. The molecule has 1 aromatic rings. The Bertz CT molecular complexity index is 539. The predicted molar refractivity (Wildman–Crippen MR) is 83.9 cm³/mol. The number of piperazine rings is 1. The summed E-state index contributed by atoms with van der Waals surface area (Å²) in [6.07, 6.45) is 1.26. The Morgan fingerprint density at radius 2 is 1.75 bits per heavy atom. The van der Waals surface area contributed by atoms with E-state index in [4.69, 9.17) is 5.73 Å². The maximum absolute atomic E-state index is 11.5. The standard InChI is InChI=1S/C13H20BrN3O2S/c1-20(18,19)17-8-6-16(7-9-17)13(10-15)11-2-4-12(14)5-3-11/h2-5,13H,6-10,15H2,1H3. The Kier molecular flexibility index (Phi) is 5.19. The minimum atomic E-state index is -3.08. The monoisotopic (exact) mass is 361 g/mol. The highest BCUT2D eigenvalue weighted by molar-refractivity contribution is 9.10. The van der Waals surface area contributed by atoms with E-state index in [1.54, 1.807) is 0 Å². The van der Waals surface area contributed by atoms with Crippen molar-refractivity contribution < 1.29 is 8.42 Å². The van der Waals surface area contributed by atoms with Crippen molar-refractivity contribution in [2.45, 2.75) is 6.04 Å². The molecule has 7 heteroatoms. The van der Waals surface area contributed by atoms with E-state index in [1.165, 1.54) is 16.1 Å². The van der Waals surface area contributed by atoms with Gasteiger partial charge in [0, 0.05) is 43.2 Å². The lowest BCUT2D eigenvalue weighted by Gasteiger charge is -2.38. The lowest BCUT2D eigenvalue weighted by molar-refractivity contribution is 0.140. The highest BCUT2D eigenvalue weighted by Crippen LogP contribution is 2.23. The van der Waals surface area contributed by atoms with E-state index < -0.39 is 10.0 Å². The molecule has 1 fully saturated rings. The zero-order chi connectivity index (χ0) is 14.8. The first-order valence-corrected chi connectivity index (χ1v) is 9.20. The van der Waals surface area contributed by atoms with Gasteiger partial charge in [-0.25, -0.2) is 8.42 Å². The van der Waals surface area contributed by atoms with Gasteiger partial charge in [0.1, 0.15) is 0 Å². The summed E-state index contributed by atoms with van der Waals surface area (Å²) in [6.45, 7) is 3.02. The van der Waals surface area contributed by atoms with Crippen LogP contribution in [0.15, 0.2) is 28.7 Å². The van der Waals surface area contributed by atoms with Crippen molar-refractivity contribution in [3.05, 3.63) is 34.3 Å². The average Bonchev–Trinajstić information content (AvgIpc) is 2.41. The van der Waals surface area contributed by atoms with E-state index in [2.05, 4.69) is 33.0 Å². The molecule has 0 aliphatic carbocycles. The summed E-state index contributed by atoms with van der Waals surface area (Å²) in [5, 5.41) is 0. The second-order valence-corrected chi connectivity index (χ2v) is 7.90. The Hall–Kier alpha value is -0.470. The van der Waals surface area contributed by atoms with Crippen molar-refractivity contribution in [2.24, 2.45) is 5.73 Å². The van der Waals surface area contributed by atoms with Crippen LogP contribution in [-0.2, 0) is 10.0 Å². The topological polar surface area (TPSA) is 66.6 Å². The fourth-order valence-corrected chi connectivity index (χ4v) is 3.62. The van der Waals surface area contributed by atoms with Crippen LogP contribution in [0.4, 0.5) is 0 Å². The molecule has 1 aromatic carbocycles. The van der Waals surface area contributed by atoms with E-state index in [0.29, 0.717) is 32.7 Å². The van der Waals surface area contributed by atoms with Crippen LogP contribution in [-0.4, -0.2) is 56.6 Å². The molecule has 1 unspecified atom stereocenters. The van der Waals surface area contributed by atoms with Gasteiger partial charge in [0.15, 0.2) is 0 Å². The Morgan fingerprint density at radius 1 is 1.20 bits per heavy atom. The molecule has 1 aliphatic rings. The fraction of sp³-hybridized carbons (Fsp3) is 0.538. The normalized spacial score (nSPS) is 19.9. The summed E-state index contributed by atoms with van der Waals surface area (Å²) in [4.78, 5) is 2.25. The second kappa shape index (κ2) is 6.53. The van der Waals surface area contributed by atoms with Gasteiger partial charge in [0.05, 0.1) is 6.26 Å². The Balaban J connectivity index is 2.06. The highest BCUT2D eigenvalue weighted by atomic mass is 79.9. The molecule has 2 rings (SSSR count). The highest BCUT2D eigenvalue weighted by Gasteiger charge is 2.27. The van der Waals surface area contributed by atoms with Crippen molar-refractivity contribution in [1.82, 2.24) is 9.21 Å². The molecule has 0 spiro atoms. The molecule has 0 amide bonds. The first-order chi connectivity index (χ1) is 9.41. The van der Waals surface area contributed by atoms with E-state index in [1.807, 2.05) is 12.1 Å². The molecule has 1 saturated heterocycles. The number of hydrogen-bond donors (Lipinski definition) is 1. The van der Waals surface area contributed by atoms with Crippen LogP contribution in [0.2, 0.25) is 0 Å². The quantitative estimate of drug-likeness (QED) is 0.869. The third-order valence-corrected chi connectivity index (χ3v) is 5.49. The lowest BCUT2D eigenvalue weighted by atomic mass is 10.0. The third kappa shape index (κ3) is 3.79. The van der Waals surface area contributed by atoms with Crippen molar-refractivity contribution >= 4 is 26.0 Å². The van der Waals surface area contributed by atoms with Gasteiger partial charge in [-0.2, -0.15) is 4.31 Å². The summed E-state index contributed by atoms with van der Waals surface area (Å²) in [6, 6.07) is 8.27. The summed E-state index contributed by atoms with van der Waals surface area (Å²) >= 11 is 3.42. The van der Waals surface area contributed by atoms with Crippen LogP contribution in [0.1, 0.15) is 11.6 Å². The van der Waals surface area contributed by atoms with Gasteiger partial charge in [-0.1, -0.05) is 28.1 Å². The summed E-state index contributed by atoms with van der Waals surface area (Å²) in [5.74, 6) is 0. The number of sulfonamides is 1. The SMILES string of the molecule is CS(=O)(=O)N1CCN(C(CN)c2ccc(Br)cc2)CC1. The Morgan fingerprint density at radius 3 is 2.20 bits per heavy atom. The lowest BCUT2D eigenvalue weighted by Crippen LogP contribution is -2.50. The number of halogens is 1. The minimum Gasteiger partial charge on any atom is -0.329 e. The largest absolute Gasteiger partial charge is 0.329 e. The first-order valence-electron chi connectivity index (χ1n) is 6.56. The smallest absolute Gasteiger partial charge is 0.211 e. The van der Waals surface area contributed by atoms with Crippen LogP contribution in [0.25, 0.3) is 0 Å². The minimum absolute atomic E-state index is 0.143. The van der Waals surface area contributed by atoms with E-state index in [-0.39, 0.29) is 6.04 Å². The molecule has 20 heavy (non-hydrogen) atoms. The summed E-state index contributed by atoms with van der Waals surface area (Å²) in [7, 11) is -3.08. The van der Waals surface area contributed by atoms with Crippen LogP contribution < -0.4 is 5.73 Å². The van der Waals surface area contributed by atoms with Gasteiger partial charge in [0.2, 0.25) is 10.0 Å². The number of nitrogens with zero attached hydrogens (tertiary/aromatic N) is 2. The van der Waals surface area contributed by atoms with Crippen LogP contribution in [0.5, 0.6) is 0 Å². The van der Waals surface area contributed by atoms with Gasteiger partial charge in [-0.05, 0) is 17.7 Å². The zero-order valence-electron chi connectivity index (χ0n) is 11.5. The summed E-state index contributed by atoms with van der Waals surface area (Å²) in [5.41, 5.74) is 7.08. The van der Waals surface area contributed by atoms with Crippen LogP contribution >= 0.6 is 15.9 Å². The van der Waals surface area contributed by atoms with Gasteiger partial charge in [0.25, 0.3) is 0 Å². The molecule has 1 atom stereocenters. The second-order valence-electron chi connectivity index (χ2n) is 5.00. The van der Waals surface area contributed by atoms with Crippen molar-refractivity contribution in [3.63, 3.8) is 0 Å². The molecule has 0 saturated carbocycles. The first kappa shape index (κ1) is 15.9. The fourth-order valence-electron chi connectivity index (χ4n) is 2.53. The maximum atomic E-state index is 11.5. The number of benzene rings is 1. The van der Waals surface area contributed by atoms with Crippen LogP contribution in [0.3, 0.4) is 0 Å². The Labute approximate surface area is 128 Å². The summed E-state index contributed by atoms with van der Waals surface area (Å²) < 4.78 is 25.6. The number of hydrogen-bond acceptors (Lipinski definition) is 4. The van der Waals surface area contributed by atoms with Gasteiger partial charge >= 0.3 is 0 Å². The van der Waals surface area contributed by atoms with E-state index in [0.717, 1.165) is 4.47 Å².